The minimum Gasteiger partial charge on any atom is -0.391 e. The topological polar surface area (TPSA) is 53.2 Å². The summed E-state index contributed by atoms with van der Waals surface area (Å²) in [6, 6.07) is 2.33. The fourth-order valence-electron chi connectivity index (χ4n) is 2.73. The van der Waals surface area contributed by atoms with E-state index in [0.29, 0.717) is 11.8 Å². The zero-order valence-electron chi connectivity index (χ0n) is 10.7. The van der Waals surface area contributed by atoms with Gasteiger partial charge in [-0.2, -0.15) is 5.26 Å². The van der Waals surface area contributed by atoms with Gasteiger partial charge in [0.05, 0.1) is 18.3 Å². The molecule has 0 amide bonds. The maximum absolute atomic E-state index is 9.46. The highest BCUT2D eigenvalue weighted by atomic mass is 16.5. The Balaban J connectivity index is 2.73. The van der Waals surface area contributed by atoms with Crippen molar-refractivity contribution in [3.8, 4) is 6.07 Å². The van der Waals surface area contributed by atoms with Gasteiger partial charge >= 0.3 is 0 Å². The average molecular weight is 225 g/mol. The van der Waals surface area contributed by atoms with Crippen LogP contribution >= 0.6 is 0 Å². The lowest BCUT2D eigenvalue weighted by molar-refractivity contribution is -0.123. The normalized spacial score (nSPS) is 38.8. The van der Waals surface area contributed by atoms with Crippen molar-refractivity contribution < 1.29 is 9.84 Å². The molecule has 4 unspecified atom stereocenters. The van der Waals surface area contributed by atoms with Crippen molar-refractivity contribution in [2.24, 2.45) is 11.8 Å². The molecule has 0 saturated heterocycles. The van der Waals surface area contributed by atoms with E-state index in [1.807, 2.05) is 6.92 Å². The first-order valence-electron chi connectivity index (χ1n) is 6.15. The van der Waals surface area contributed by atoms with Crippen LogP contribution in [-0.2, 0) is 4.74 Å². The Morgan fingerprint density at radius 1 is 1.31 bits per heavy atom. The summed E-state index contributed by atoms with van der Waals surface area (Å²) in [5.41, 5.74) is -0.687. The molecular formula is C13H23NO2. The number of hydrogen-bond donors (Lipinski definition) is 1. The summed E-state index contributed by atoms with van der Waals surface area (Å²) >= 11 is 0. The summed E-state index contributed by atoms with van der Waals surface area (Å²) in [5, 5.41) is 18.8. The maximum atomic E-state index is 9.46. The van der Waals surface area contributed by atoms with Crippen molar-refractivity contribution in [2.45, 2.75) is 64.8 Å². The summed E-state index contributed by atoms with van der Waals surface area (Å²) in [7, 11) is 0. The third-order valence-electron chi connectivity index (χ3n) is 3.46. The van der Waals surface area contributed by atoms with Gasteiger partial charge in [-0.3, -0.25) is 0 Å². The van der Waals surface area contributed by atoms with Crippen molar-refractivity contribution in [3.05, 3.63) is 0 Å². The van der Waals surface area contributed by atoms with E-state index in [9.17, 15) is 10.4 Å². The Hall–Kier alpha value is -0.590. The van der Waals surface area contributed by atoms with Crippen LogP contribution < -0.4 is 0 Å². The lowest BCUT2D eigenvalue weighted by Gasteiger charge is -2.39. The highest BCUT2D eigenvalue weighted by Crippen LogP contribution is 2.39. The Kier molecular flexibility index (Phi) is 4.35. The highest BCUT2D eigenvalue weighted by Gasteiger charge is 2.40. The minimum atomic E-state index is -0.687. The third kappa shape index (κ3) is 3.20. The smallest absolute Gasteiger partial charge is 0.155 e. The molecule has 0 radical (unpaired) electrons. The fourth-order valence-corrected chi connectivity index (χ4v) is 2.73. The zero-order valence-corrected chi connectivity index (χ0v) is 10.7. The van der Waals surface area contributed by atoms with E-state index >= 15 is 0 Å². The average Bonchev–Trinajstić information content (AvgIpc) is 2.15. The molecule has 3 nitrogen and oxygen atoms in total. The summed E-state index contributed by atoms with van der Waals surface area (Å²) < 4.78 is 5.82. The van der Waals surface area contributed by atoms with Crippen molar-refractivity contribution in [1.29, 1.82) is 5.26 Å². The molecule has 3 heteroatoms. The standard InChI is InChI=1S/C13H23NO2/c1-9-5-10(2)7-13(6-9,8-14)16-12(4)11(3)15/h9-12,15H,5-7H2,1-4H3. The maximum Gasteiger partial charge on any atom is 0.155 e. The van der Waals surface area contributed by atoms with E-state index in [1.165, 1.54) is 0 Å². The first kappa shape index (κ1) is 13.5. The lowest BCUT2D eigenvalue weighted by Crippen LogP contribution is -2.43. The Morgan fingerprint density at radius 2 is 1.81 bits per heavy atom. The van der Waals surface area contributed by atoms with Crippen LogP contribution in [-0.4, -0.2) is 22.9 Å². The van der Waals surface area contributed by atoms with Crippen LogP contribution in [0.4, 0.5) is 0 Å². The molecule has 1 fully saturated rings. The molecule has 0 aromatic carbocycles. The summed E-state index contributed by atoms with van der Waals surface area (Å²) in [4.78, 5) is 0. The van der Waals surface area contributed by atoms with Crippen molar-refractivity contribution in [3.63, 3.8) is 0 Å². The van der Waals surface area contributed by atoms with Gasteiger partial charge in [0.25, 0.3) is 0 Å². The van der Waals surface area contributed by atoms with Gasteiger partial charge in [-0.05, 0) is 44.9 Å². The second-order valence-corrected chi connectivity index (χ2v) is 5.52. The molecule has 1 rings (SSSR count). The molecule has 16 heavy (non-hydrogen) atoms. The predicted octanol–water partition coefficient (Wildman–Crippen LogP) is 2.49. The molecule has 0 heterocycles. The molecular weight excluding hydrogens is 202 g/mol. The number of nitriles is 1. The number of aliphatic hydroxyl groups is 1. The number of rotatable bonds is 3. The molecule has 0 bridgehead atoms. The lowest BCUT2D eigenvalue weighted by atomic mass is 9.74. The van der Waals surface area contributed by atoms with E-state index in [-0.39, 0.29) is 6.10 Å². The van der Waals surface area contributed by atoms with Gasteiger partial charge in [-0.1, -0.05) is 13.8 Å². The summed E-state index contributed by atoms with van der Waals surface area (Å²) in [5.74, 6) is 1.04. The number of aliphatic hydroxyl groups excluding tert-OH is 1. The second kappa shape index (κ2) is 5.16. The summed E-state index contributed by atoms with van der Waals surface area (Å²) in [6.45, 7) is 7.86. The van der Waals surface area contributed by atoms with Crippen LogP contribution in [0.2, 0.25) is 0 Å². The van der Waals surface area contributed by atoms with E-state index in [2.05, 4.69) is 19.9 Å². The van der Waals surface area contributed by atoms with Gasteiger partial charge in [0.2, 0.25) is 0 Å². The molecule has 1 saturated carbocycles. The molecule has 92 valence electrons. The van der Waals surface area contributed by atoms with Gasteiger partial charge in [0, 0.05) is 0 Å². The van der Waals surface area contributed by atoms with Crippen LogP contribution in [0.3, 0.4) is 0 Å². The SMILES string of the molecule is CC1CC(C)CC(C#N)(OC(C)C(C)O)C1. The van der Waals surface area contributed by atoms with Gasteiger partial charge in [0.1, 0.15) is 0 Å². The molecule has 1 N–H and O–H groups in total. The van der Waals surface area contributed by atoms with Crippen molar-refractivity contribution in [1.82, 2.24) is 0 Å². The fraction of sp³-hybridized carbons (Fsp3) is 0.923. The molecule has 4 atom stereocenters. The quantitative estimate of drug-likeness (QED) is 0.803. The van der Waals surface area contributed by atoms with Crippen LogP contribution in [0.15, 0.2) is 0 Å². The second-order valence-electron chi connectivity index (χ2n) is 5.52. The first-order chi connectivity index (χ1) is 7.38. The third-order valence-corrected chi connectivity index (χ3v) is 3.46. The van der Waals surface area contributed by atoms with Crippen LogP contribution in [0.5, 0.6) is 0 Å². The monoisotopic (exact) mass is 225 g/mol. The number of ether oxygens (including phenoxy) is 1. The highest BCUT2D eigenvalue weighted by molar-refractivity contribution is 5.06. The van der Waals surface area contributed by atoms with Crippen LogP contribution in [0.25, 0.3) is 0 Å². The Labute approximate surface area is 98.4 Å². The summed E-state index contributed by atoms with van der Waals surface area (Å²) in [6.07, 6.45) is 1.92. The molecule has 1 aliphatic rings. The van der Waals surface area contributed by atoms with E-state index in [4.69, 9.17) is 4.74 Å². The van der Waals surface area contributed by atoms with Gasteiger partial charge in [-0.25, -0.2) is 0 Å². The Bertz CT molecular complexity index is 260. The molecule has 0 aromatic heterocycles. The zero-order chi connectivity index (χ0) is 12.3. The largest absolute Gasteiger partial charge is 0.391 e. The van der Waals surface area contributed by atoms with Gasteiger partial charge in [-0.15, -0.1) is 0 Å². The Morgan fingerprint density at radius 3 is 2.19 bits per heavy atom. The van der Waals surface area contributed by atoms with Gasteiger partial charge < -0.3 is 9.84 Å². The van der Waals surface area contributed by atoms with E-state index < -0.39 is 11.7 Å². The van der Waals surface area contributed by atoms with Crippen molar-refractivity contribution >= 4 is 0 Å². The molecule has 0 aliphatic heterocycles. The minimum absolute atomic E-state index is 0.280. The predicted molar refractivity (Wildman–Crippen MR) is 62.8 cm³/mol. The van der Waals surface area contributed by atoms with Gasteiger partial charge in [0.15, 0.2) is 5.60 Å². The van der Waals surface area contributed by atoms with Crippen LogP contribution in [0, 0.1) is 23.2 Å². The molecule has 1 aliphatic carbocycles. The molecule has 0 aromatic rings. The van der Waals surface area contributed by atoms with E-state index in [0.717, 1.165) is 19.3 Å². The number of nitrogens with zero attached hydrogens (tertiary/aromatic N) is 1. The molecule has 0 spiro atoms. The number of hydrogen-bond acceptors (Lipinski definition) is 3. The van der Waals surface area contributed by atoms with E-state index in [1.54, 1.807) is 6.92 Å². The van der Waals surface area contributed by atoms with Crippen LogP contribution in [0.1, 0.15) is 47.0 Å². The first-order valence-corrected chi connectivity index (χ1v) is 6.15. The van der Waals surface area contributed by atoms with Crippen molar-refractivity contribution in [2.75, 3.05) is 0 Å².